The fourth-order valence-corrected chi connectivity index (χ4v) is 4.17. The van der Waals surface area contributed by atoms with Crippen LogP contribution in [-0.4, -0.2) is 11.1 Å². The van der Waals surface area contributed by atoms with E-state index in [9.17, 15) is 9.90 Å². The number of carboxylic acid groups (broad SMARTS) is 1. The van der Waals surface area contributed by atoms with Gasteiger partial charge in [0.1, 0.15) is 0 Å². The summed E-state index contributed by atoms with van der Waals surface area (Å²) in [4.78, 5) is 11.6. The van der Waals surface area contributed by atoms with Gasteiger partial charge in [0.15, 0.2) is 0 Å². The van der Waals surface area contributed by atoms with Crippen molar-refractivity contribution in [3.63, 3.8) is 0 Å². The smallest absolute Gasteiger partial charge is 0.309 e. The quantitative estimate of drug-likeness (QED) is 0.705. The van der Waals surface area contributed by atoms with Gasteiger partial charge in [-0.2, -0.15) is 0 Å². The van der Waals surface area contributed by atoms with Gasteiger partial charge in [-0.15, -0.1) is 0 Å². The third-order valence-corrected chi connectivity index (χ3v) is 4.91. The molecule has 3 rings (SSSR count). The molecule has 0 aromatic heterocycles. The second kappa shape index (κ2) is 3.10. The second-order valence-electron chi connectivity index (χ2n) is 5.56. The number of fused-ring (bicyclic) bond motifs is 2. The third-order valence-electron chi connectivity index (χ3n) is 4.91. The molecular formula is C13H18O2. The van der Waals surface area contributed by atoms with E-state index in [0.29, 0.717) is 17.8 Å². The molecular weight excluding hydrogens is 188 g/mol. The number of hydrogen-bond donors (Lipinski definition) is 1. The van der Waals surface area contributed by atoms with Crippen LogP contribution in [0, 0.1) is 23.2 Å². The van der Waals surface area contributed by atoms with Crippen molar-refractivity contribution in [3.8, 4) is 0 Å². The standard InChI is InChI=1S/C13H18O2/c14-12(15)13(5-1-2-6-13)11-8-9-3-4-10(11)7-9/h3-4,9-11H,1-2,5-8H2,(H,14,15). The van der Waals surface area contributed by atoms with Crippen LogP contribution in [0.4, 0.5) is 0 Å². The second-order valence-corrected chi connectivity index (χ2v) is 5.56. The fourth-order valence-electron chi connectivity index (χ4n) is 4.17. The zero-order chi connectivity index (χ0) is 10.5. The Kier molecular flexibility index (Phi) is 1.95. The predicted molar refractivity (Wildman–Crippen MR) is 57.4 cm³/mol. The molecule has 3 atom stereocenters. The van der Waals surface area contributed by atoms with Gasteiger partial charge in [0, 0.05) is 0 Å². The molecule has 2 heteroatoms. The van der Waals surface area contributed by atoms with Crippen LogP contribution in [0.15, 0.2) is 12.2 Å². The number of allylic oxidation sites excluding steroid dienone is 2. The first-order valence-electron chi connectivity index (χ1n) is 6.14. The minimum Gasteiger partial charge on any atom is -0.481 e. The average molecular weight is 206 g/mol. The van der Waals surface area contributed by atoms with Crippen LogP contribution in [0.1, 0.15) is 38.5 Å². The van der Waals surface area contributed by atoms with E-state index in [1.54, 1.807) is 0 Å². The van der Waals surface area contributed by atoms with Crippen molar-refractivity contribution in [1.29, 1.82) is 0 Å². The first-order valence-corrected chi connectivity index (χ1v) is 6.14. The van der Waals surface area contributed by atoms with E-state index < -0.39 is 5.97 Å². The summed E-state index contributed by atoms with van der Waals surface area (Å²) in [6.45, 7) is 0. The third kappa shape index (κ3) is 1.20. The van der Waals surface area contributed by atoms with Gasteiger partial charge in [-0.25, -0.2) is 0 Å². The average Bonchev–Trinajstić information content (AvgIpc) is 2.94. The van der Waals surface area contributed by atoms with E-state index in [4.69, 9.17) is 0 Å². The Morgan fingerprint density at radius 3 is 2.40 bits per heavy atom. The highest BCUT2D eigenvalue weighted by Gasteiger charge is 2.53. The summed E-state index contributed by atoms with van der Waals surface area (Å²) in [5.74, 6) is 1.18. The monoisotopic (exact) mass is 206 g/mol. The van der Waals surface area contributed by atoms with E-state index in [1.807, 2.05) is 0 Å². The Bertz CT molecular complexity index is 312. The molecule has 3 unspecified atom stereocenters. The topological polar surface area (TPSA) is 37.3 Å². The first-order chi connectivity index (χ1) is 7.22. The molecule has 3 aliphatic rings. The van der Waals surface area contributed by atoms with Crippen LogP contribution >= 0.6 is 0 Å². The highest BCUT2D eigenvalue weighted by Crippen LogP contribution is 2.57. The molecule has 0 aliphatic heterocycles. The van der Waals surface area contributed by atoms with Crippen LogP contribution in [-0.2, 0) is 4.79 Å². The minimum atomic E-state index is -0.522. The summed E-state index contributed by atoms with van der Waals surface area (Å²) >= 11 is 0. The van der Waals surface area contributed by atoms with Gasteiger partial charge in [0.05, 0.1) is 5.41 Å². The molecule has 0 amide bonds. The van der Waals surface area contributed by atoms with Crippen molar-refractivity contribution < 1.29 is 9.90 Å². The van der Waals surface area contributed by atoms with Crippen molar-refractivity contribution in [2.45, 2.75) is 38.5 Å². The van der Waals surface area contributed by atoms with Gasteiger partial charge in [-0.3, -0.25) is 4.79 Å². The molecule has 0 heterocycles. The number of hydrogen-bond acceptors (Lipinski definition) is 1. The lowest BCUT2D eigenvalue weighted by Gasteiger charge is -2.35. The molecule has 2 nitrogen and oxygen atoms in total. The molecule has 0 aromatic rings. The maximum absolute atomic E-state index is 11.6. The molecule has 2 bridgehead atoms. The molecule has 0 saturated heterocycles. The lowest BCUT2D eigenvalue weighted by atomic mass is 9.68. The Morgan fingerprint density at radius 2 is 1.93 bits per heavy atom. The van der Waals surface area contributed by atoms with Crippen molar-refractivity contribution >= 4 is 5.97 Å². The van der Waals surface area contributed by atoms with Crippen LogP contribution in [0.2, 0.25) is 0 Å². The van der Waals surface area contributed by atoms with Gasteiger partial charge in [0.2, 0.25) is 0 Å². The Balaban J connectivity index is 1.90. The van der Waals surface area contributed by atoms with Crippen LogP contribution in [0.25, 0.3) is 0 Å². The SMILES string of the molecule is O=C(O)C1(C2CC3C=CC2C3)CCCC1. The summed E-state index contributed by atoms with van der Waals surface area (Å²) in [6, 6.07) is 0. The zero-order valence-corrected chi connectivity index (χ0v) is 8.98. The van der Waals surface area contributed by atoms with E-state index in [-0.39, 0.29) is 5.41 Å². The normalized spacial score (nSPS) is 41.2. The number of carbonyl (C=O) groups is 1. The van der Waals surface area contributed by atoms with E-state index in [2.05, 4.69) is 12.2 Å². The van der Waals surface area contributed by atoms with Gasteiger partial charge >= 0.3 is 5.97 Å². The van der Waals surface area contributed by atoms with Crippen molar-refractivity contribution in [3.05, 3.63) is 12.2 Å². The predicted octanol–water partition coefficient (Wildman–Crippen LogP) is 2.84. The van der Waals surface area contributed by atoms with E-state index >= 15 is 0 Å². The minimum absolute atomic E-state index is 0.357. The Morgan fingerprint density at radius 1 is 1.20 bits per heavy atom. The summed E-state index contributed by atoms with van der Waals surface area (Å²) < 4.78 is 0. The zero-order valence-electron chi connectivity index (χ0n) is 8.98. The number of aliphatic carboxylic acids is 1. The fraction of sp³-hybridized carbons (Fsp3) is 0.769. The van der Waals surface area contributed by atoms with Crippen LogP contribution in [0.5, 0.6) is 0 Å². The van der Waals surface area contributed by atoms with Crippen molar-refractivity contribution in [2.75, 3.05) is 0 Å². The molecule has 2 fully saturated rings. The molecule has 15 heavy (non-hydrogen) atoms. The summed E-state index contributed by atoms with van der Waals surface area (Å²) in [7, 11) is 0. The maximum Gasteiger partial charge on any atom is 0.309 e. The molecule has 1 N–H and O–H groups in total. The van der Waals surface area contributed by atoms with Gasteiger partial charge in [-0.05, 0) is 43.4 Å². The van der Waals surface area contributed by atoms with Gasteiger partial charge in [0.25, 0.3) is 0 Å². The molecule has 0 aromatic carbocycles. The Hall–Kier alpha value is -0.790. The van der Waals surface area contributed by atoms with Crippen molar-refractivity contribution in [1.82, 2.24) is 0 Å². The summed E-state index contributed by atoms with van der Waals surface area (Å²) in [5, 5.41) is 9.53. The van der Waals surface area contributed by atoms with Gasteiger partial charge < -0.3 is 5.11 Å². The maximum atomic E-state index is 11.6. The van der Waals surface area contributed by atoms with E-state index in [1.165, 1.54) is 6.42 Å². The number of carboxylic acids is 1. The van der Waals surface area contributed by atoms with Gasteiger partial charge in [-0.1, -0.05) is 25.0 Å². The molecule has 82 valence electrons. The number of rotatable bonds is 2. The first kappa shape index (κ1) is 9.44. The summed E-state index contributed by atoms with van der Waals surface area (Å²) in [6.07, 6.45) is 11.0. The van der Waals surface area contributed by atoms with Crippen LogP contribution < -0.4 is 0 Å². The molecule has 3 aliphatic carbocycles. The van der Waals surface area contributed by atoms with Crippen LogP contribution in [0.3, 0.4) is 0 Å². The highest BCUT2D eigenvalue weighted by molar-refractivity contribution is 5.75. The molecule has 0 radical (unpaired) electrons. The van der Waals surface area contributed by atoms with E-state index in [0.717, 1.165) is 32.1 Å². The largest absolute Gasteiger partial charge is 0.481 e. The Labute approximate surface area is 90.4 Å². The highest BCUT2D eigenvalue weighted by atomic mass is 16.4. The molecule has 0 spiro atoms. The molecule has 2 saturated carbocycles. The summed E-state index contributed by atoms with van der Waals surface area (Å²) in [5.41, 5.74) is -0.357. The lowest BCUT2D eigenvalue weighted by molar-refractivity contribution is -0.153. The van der Waals surface area contributed by atoms with Crippen molar-refractivity contribution in [2.24, 2.45) is 23.2 Å². The lowest BCUT2D eigenvalue weighted by Crippen LogP contribution is -2.38.